The van der Waals surface area contributed by atoms with Gasteiger partial charge >= 0.3 is 5.97 Å². The summed E-state index contributed by atoms with van der Waals surface area (Å²) in [6, 6.07) is 9.09. The maximum Gasteiger partial charge on any atom is 0.311 e. The molecule has 0 unspecified atom stereocenters. The summed E-state index contributed by atoms with van der Waals surface area (Å²) < 4.78 is 31.8. The number of carbonyl (C=O) groups excluding carboxylic acids is 3. The lowest BCUT2D eigenvalue weighted by atomic mass is 9.88. The third-order valence-electron chi connectivity index (χ3n) is 7.49. The van der Waals surface area contributed by atoms with Crippen LogP contribution in [0.25, 0.3) is 0 Å². The number of halogens is 2. The molecule has 1 fully saturated rings. The number of hydrogen-bond donors (Lipinski definition) is 2. The van der Waals surface area contributed by atoms with Crippen LogP contribution in [0.4, 0.5) is 14.5 Å². The second kappa shape index (κ2) is 16.8. The minimum Gasteiger partial charge on any atom is -0.427 e. The molecule has 2 aromatic rings. The van der Waals surface area contributed by atoms with Crippen molar-refractivity contribution in [2.45, 2.75) is 90.1 Å². The number of esters is 1. The molecule has 0 aromatic heterocycles. The number of ether oxygens (including phenoxy) is 1. The molecule has 0 heterocycles. The minimum absolute atomic E-state index is 0.0170. The fourth-order valence-corrected chi connectivity index (χ4v) is 5.15. The normalized spacial score (nSPS) is 18.6. The SMILES string of the molecule is CCCCCC/C=C/[C@H]1[C@H](O)CC(=O)[C@@H]1CCCCCCC(=O)Oc1ccc(NC(=O)c2ccc(F)c(F)c2)cc1. The Morgan fingerprint density at radius 2 is 1.71 bits per heavy atom. The highest BCUT2D eigenvalue weighted by molar-refractivity contribution is 6.04. The molecule has 1 amide bonds. The van der Waals surface area contributed by atoms with E-state index in [1.807, 2.05) is 0 Å². The molecule has 1 aliphatic rings. The van der Waals surface area contributed by atoms with E-state index < -0.39 is 23.6 Å². The van der Waals surface area contributed by atoms with Gasteiger partial charge in [0.05, 0.1) is 6.10 Å². The van der Waals surface area contributed by atoms with Crippen LogP contribution in [0, 0.1) is 23.5 Å². The lowest BCUT2D eigenvalue weighted by Crippen LogP contribution is -2.18. The number of rotatable bonds is 16. The van der Waals surface area contributed by atoms with Crippen LogP contribution in [0.3, 0.4) is 0 Å². The summed E-state index contributed by atoms with van der Waals surface area (Å²) in [7, 11) is 0. The summed E-state index contributed by atoms with van der Waals surface area (Å²) in [6.45, 7) is 2.18. The van der Waals surface area contributed by atoms with Gasteiger partial charge in [-0.05, 0) is 68.1 Å². The van der Waals surface area contributed by atoms with Crippen LogP contribution in [0.1, 0.15) is 94.3 Å². The highest BCUT2D eigenvalue weighted by atomic mass is 19.2. The number of nitrogens with one attached hydrogen (secondary N) is 1. The zero-order chi connectivity index (χ0) is 29.6. The lowest BCUT2D eigenvalue weighted by molar-refractivity contribution is -0.134. The van der Waals surface area contributed by atoms with Gasteiger partial charge in [-0.1, -0.05) is 57.6 Å². The van der Waals surface area contributed by atoms with Gasteiger partial charge in [0.15, 0.2) is 11.6 Å². The average molecular weight is 570 g/mol. The molecule has 3 atom stereocenters. The Hall–Kier alpha value is -3.39. The number of carbonyl (C=O) groups is 3. The van der Waals surface area contributed by atoms with E-state index in [2.05, 4.69) is 24.4 Å². The van der Waals surface area contributed by atoms with Gasteiger partial charge in [-0.2, -0.15) is 0 Å². The van der Waals surface area contributed by atoms with Crippen molar-refractivity contribution in [2.75, 3.05) is 5.32 Å². The van der Waals surface area contributed by atoms with Gasteiger partial charge in [-0.3, -0.25) is 14.4 Å². The molecule has 1 saturated carbocycles. The summed E-state index contributed by atoms with van der Waals surface area (Å²) in [4.78, 5) is 36.9. The quantitative estimate of drug-likeness (QED) is 0.0942. The van der Waals surface area contributed by atoms with E-state index in [0.29, 0.717) is 17.9 Å². The van der Waals surface area contributed by atoms with Gasteiger partial charge in [0.25, 0.3) is 5.91 Å². The number of unbranched alkanes of at least 4 members (excludes halogenated alkanes) is 7. The van der Waals surface area contributed by atoms with E-state index >= 15 is 0 Å². The smallest absolute Gasteiger partial charge is 0.311 e. The second-order valence-corrected chi connectivity index (χ2v) is 10.7. The van der Waals surface area contributed by atoms with Crippen LogP contribution in [0.5, 0.6) is 5.75 Å². The Balaban J connectivity index is 1.32. The van der Waals surface area contributed by atoms with E-state index in [4.69, 9.17) is 4.74 Å². The number of benzene rings is 2. The Morgan fingerprint density at radius 3 is 2.44 bits per heavy atom. The molecular formula is C33H41F2NO5. The molecule has 1 aliphatic carbocycles. The molecule has 0 saturated heterocycles. The maximum atomic E-state index is 13.4. The molecule has 0 bridgehead atoms. The molecule has 0 spiro atoms. The van der Waals surface area contributed by atoms with Crippen molar-refractivity contribution in [3.8, 4) is 5.75 Å². The molecular weight excluding hydrogens is 528 g/mol. The van der Waals surface area contributed by atoms with Crippen molar-refractivity contribution in [3.63, 3.8) is 0 Å². The van der Waals surface area contributed by atoms with Gasteiger partial charge in [0, 0.05) is 35.9 Å². The first kappa shape index (κ1) is 32.1. The molecule has 0 aliphatic heterocycles. The van der Waals surface area contributed by atoms with Crippen LogP contribution in [0.15, 0.2) is 54.6 Å². The number of Topliss-reactive ketones (excluding diaryl/α,β-unsaturated/α-hetero) is 1. The van der Waals surface area contributed by atoms with Crippen molar-refractivity contribution in [3.05, 3.63) is 71.8 Å². The predicted molar refractivity (Wildman–Crippen MR) is 155 cm³/mol. The number of aliphatic hydroxyl groups is 1. The van der Waals surface area contributed by atoms with Crippen LogP contribution in [-0.4, -0.2) is 28.9 Å². The van der Waals surface area contributed by atoms with Crippen LogP contribution in [-0.2, 0) is 9.59 Å². The topological polar surface area (TPSA) is 92.7 Å². The Kier molecular flexibility index (Phi) is 13.1. The molecule has 2 N–H and O–H groups in total. The van der Waals surface area contributed by atoms with Crippen LogP contribution in [0.2, 0.25) is 0 Å². The number of hydrogen-bond acceptors (Lipinski definition) is 5. The third kappa shape index (κ3) is 10.5. The first-order valence-electron chi connectivity index (χ1n) is 14.7. The van der Waals surface area contributed by atoms with Crippen LogP contribution < -0.4 is 10.1 Å². The summed E-state index contributed by atoms with van der Waals surface area (Å²) in [5.74, 6) is -2.80. The fraction of sp³-hybridized carbons (Fsp3) is 0.485. The highest BCUT2D eigenvalue weighted by Gasteiger charge is 2.39. The van der Waals surface area contributed by atoms with E-state index in [1.165, 1.54) is 25.3 Å². The van der Waals surface area contributed by atoms with Gasteiger partial charge in [0.2, 0.25) is 0 Å². The van der Waals surface area contributed by atoms with Crippen LogP contribution >= 0.6 is 0 Å². The summed E-state index contributed by atoms with van der Waals surface area (Å²) in [5.41, 5.74) is 0.397. The van der Waals surface area contributed by atoms with Gasteiger partial charge in [0.1, 0.15) is 11.5 Å². The molecule has 222 valence electrons. The van der Waals surface area contributed by atoms with Gasteiger partial charge < -0.3 is 15.2 Å². The number of aliphatic hydroxyl groups excluding tert-OH is 1. The van der Waals surface area contributed by atoms with E-state index in [-0.39, 0.29) is 42.0 Å². The maximum absolute atomic E-state index is 13.4. The van der Waals surface area contributed by atoms with Crippen molar-refractivity contribution >= 4 is 23.3 Å². The molecule has 2 aromatic carbocycles. The number of amides is 1. The van der Waals surface area contributed by atoms with Crippen molar-refractivity contribution < 1.29 is 33.0 Å². The van der Waals surface area contributed by atoms with Crippen molar-refractivity contribution in [1.82, 2.24) is 0 Å². The predicted octanol–water partition coefficient (Wildman–Crippen LogP) is 7.56. The molecule has 6 nitrogen and oxygen atoms in total. The zero-order valence-corrected chi connectivity index (χ0v) is 23.7. The Morgan fingerprint density at radius 1 is 0.976 bits per heavy atom. The average Bonchev–Trinajstić information content (AvgIpc) is 3.22. The Labute approximate surface area is 241 Å². The summed E-state index contributed by atoms with van der Waals surface area (Å²) in [6.07, 6.45) is 13.9. The van der Waals surface area contributed by atoms with Gasteiger partial charge in [-0.25, -0.2) is 8.78 Å². The number of anilines is 1. The number of allylic oxidation sites excluding steroid dienone is 1. The van der Waals surface area contributed by atoms with Gasteiger partial charge in [-0.15, -0.1) is 0 Å². The zero-order valence-electron chi connectivity index (χ0n) is 23.7. The standard InChI is InChI=1S/C33H41F2NO5/c1-2-3-4-5-6-9-12-26-27(31(38)22-30(26)37)13-10-7-8-11-14-32(39)41-25-18-16-24(17-19-25)36-33(40)23-15-20-28(34)29(35)21-23/h9,12,15-21,26-27,30,37H,2-8,10-11,13-14,22H2,1H3,(H,36,40)/b12-9+/t26-,27-,30-/m1/s1. The second-order valence-electron chi connectivity index (χ2n) is 10.7. The Bertz CT molecular complexity index is 1180. The van der Waals surface area contributed by atoms with Crippen molar-refractivity contribution in [1.29, 1.82) is 0 Å². The monoisotopic (exact) mass is 569 g/mol. The molecule has 41 heavy (non-hydrogen) atoms. The first-order valence-corrected chi connectivity index (χ1v) is 14.7. The molecule has 3 rings (SSSR count). The molecule has 0 radical (unpaired) electrons. The third-order valence-corrected chi connectivity index (χ3v) is 7.49. The number of ketones is 1. The summed E-state index contributed by atoms with van der Waals surface area (Å²) >= 11 is 0. The highest BCUT2D eigenvalue weighted by Crippen LogP contribution is 2.34. The minimum atomic E-state index is -1.10. The largest absolute Gasteiger partial charge is 0.427 e. The molecule has 8 heteroatoms. The lowest BCUT2D eigenvalue weighted by Gasteiger charge is -2.17. The fourth-order valence-electron chi connectivity index (χ4n) is 5.15. The van der Waals surface area contributed by atoms with Crippen molar-refractivity contribution in [2.24, 2.45) is 11.8 Å². The first-order chi connectivity index (χ1) is 19.8. The van der Waals surface area contributed by atoms with E-state index in [9.17, 15) is 28.3 Å². The van der Waals surface area contributed by atoms with E-state index in [1.54, 1.807) is 24.3 Å². The summed E-state index contributed by atoms with van der Waals surface area (Å²) in [5, 5.41) is 12.9. The van der Waals surface area contributed by atoms with E-state index in [0.717, 1.165) is 50.7 Å².